The summed E-state index contributed by atoms with van der Waals surface area (Å²) in [5.74, 6) is 0.858. The lowest BCUT2D eigenvalue weighted by molar-refractivity contribution is 0.0735. The topological polar surface area (TPSA) is 52.1 Å². The Morgan fingerprint density at radius 3 is 1.83 bits per heavy atom. The molecule has 0 bridgehead atoms. The number of carbonyl (C=O) groups is 1. The van der Waals surface area contributed by atoms with E-state index in [9.17, 15) is 4.79 Å². The quantitative estimate of drug-likeness (QED) is 0.127. The summed E-state index contributed by atoms with van der Waals surface area (Å²) >= 11 is 0. The zero-order chi connectivity index (χ0) is 24.7. The fourth-order valence-corrected chi connectivity index (χ4v) is 4.14. The second-order valence-corrected chi connectivity index (χ2v) is 9.35. The lowest BCUT2D eigenvalue weighted by Crippen LogP contribution is -2.08. The standard InChI is InChI=1S/C31H40N2O2/c1-3-5-7-9-10-12-14-26-23-32-30(33-24-26)27-19-21-29(22-20-27)35-31(34)28-17-15-25(16-18-28)13-11-8-6-4-2/h15-24H,3-14H2,1-2H3. The van der Waals surface area contributed by atoms with Crippen LogP contribution in [0.2, 0.25) is 0 Å². The van der Waals surface area contributed by atoms with E-state index in [0.29, 0.717) is 17.1 Å². The molecule has 0 unspecified atom stereocenters. The van der Waals surface area contributed by atoms with Gasteiger partial charge in [0.25, 0.3) is 0 Å². The van der Waals surface area contributed by atoms with Crippen molar-refractivity contribution in [1.82, 2.24) is 9.97 Å². The first-order valence-corrected chi connectivity index (χ1v) is 13.4. The SMILES string of the molecule is CCCCCCCCc1cnc(-c2ccc(OC(=O)c3ccc(CCCCCC)cc3)cc2)nc1. The molecule has 4 heteroatoms. The molecule has 0 fully saturated rings. The van der Waals surface area contributed by atoms with Crippen LogP contribution in [0.1, 0.15) is 99.5 Å². The minimum absolute atomic E-state index is 0.342. The highest BCUT2D eigenvalue weighted by Crippen LogP contribution is 2.21. The molecule has 3 rings (SSSR count). The molecule has 1 aromatic heterocycles. The smallest absolute Gasteiger partial charge is 0.343 e. The molecule has 0 saturated heterocycles. The third-order valence-corrected chi connectivity index (χ3v) is 6.36. The lowest BCUT2D eigenvalue weighted by Gasteiger charge is -2.07. The van der Waals surface area contributed by atoms with Crippen LogP contribution in [0.3, 0.4) is 0 Å². The van der Waals surface area contributed by atoms with Gasteiger partial charge in [0.15, 0.2) is 5.82 Å². The number of esters is 1. The first kappa shape index (κ1) is 26.6. The van der Waals surface area contributed by atoms with Crippen LogP contribution in [0.4, 0.5) is 0 Å². The molecule has 0 aliphatic heterocycles. The molecule has 0 spiro atoms. The predicted molar refractivity (Wildman–Crippen MR) is 144 cm³/mol. The monoisotopic (exact) mass is 472 g/mol. The highest BCUT2D eigenvalue weighted by atomic mass is 16.5. The predicted octanol–water partition coefficient (Wildman–Crippen LogP) is 8.39. The summed E-state index contributed by atoms with van der Waals surface area (Å²) in [4.78, 5) is 21.6. The molecule has 0 atom stereocenters. The Labute approximate surface area is 211 Å². The first-order chi connectivity index (χ1) is 17.2. The van der Waals surface area contributed by atoms with Gasteiger partial charge in [-0.3, -0.25) is 0 Å². The van der Waals surface area contributed by atoms with Crippen LogP contribution >= 0.6 is 0 Å². The summed E-state index contributed by atoms with van der Waals surface area (Å²) < 4.78 is 5.56. The zero-order valence-corrected chi connectivity index (χ0v) is 21.5. The van der Waals surface area contributed by atoms with E-state index >= 15 is 0 Å². The maximum absolute atomic E-state index is 12.5. The highest BCUT2D eigenvalue weighted by molar-refractivity contribution is 5.91. The van der Waals surface area contributed by atoms with Gasteiger partial charge >= 0.3 is 5.97 Å². The maximum Gasteiger partial charge on any atom is 0.343 e. The molecule has 186 valence electrons. The first-order valence-electron chi connectivity index (χ1n) is 13.4. The van der Waals surface area contributed by atoms with E-state index in [-0.39, 0.29) is 5.97 Å². The maximum atomic E-state index is 12.5. The van der Waals surface area contributed by atoms with Crippen LogP contribution in [-0.2, 0) is 12.8 Å². The summed E-state index contributed by atoms with van der Waals surface area (Å²) in [5.41, 5.74) is 3.92. The van der Waals surface area contributed by atoms with Gasteiger partial charge in [0.1, 0.15) is 5.75 Å². The van der Waals surface area contributed by atoms with Gasteiger partial charge in [0.2, 0.25) is 0 Å². The summed E-state index contributed by atoms with van der Waals surface area (Å²) in [6.45, 7) is 4.46. The molecule has 0 aliphatic rings. The van der Waals surface area contributed by atoms with E-state index in [1.54, 1.807) is 12.1 Å². The number of unbranched alkanes of at least 4 members (excludes halogenated alkanes) is 8. The third kappa shape index (κ3) is 9.28. The number of aryl methyl sites for hydroxylation is 2. The molecule has 1 heterocycles. The van der Waals surface area contributed by atoms with Gasteiger partial charge in [-0.2, -0.15) is 0 Å². The molecule has 0 saturated carbocycles. The molecule has 4 nitrogen and oxygen atoms in total. The van der Waals surface area contributed by atoms with E-state index < -0.39 is 0 Å². The van der Waals surface area contributed by atoms with Gasteiger partial charge in [-0.15, -0.1) is 0 Å². The van der Waals surface area contributed by atoms with Crippen LogP contribution < -0.4 is 4.74 Å². The molecular formula is C31H40N2O2. The van der Waals surface area contributed by atoms with Crippen LogP contribution in [0.5, 0.6) is 5.75 Å². The molecule has 2 aromatic carbocycles. The Morgan fingerprint density at radius 1 is 0.657 bits per heavy atom. The Kier molecular flexibility index (Phi) is 11.5. The molecule has 0 amide bonds. The van der Waals surface area contributed by atoms with Crippen LogP contribution in [0, 0.1) is 0 Å². The molecular weight excluding hydrogens is 432 g/mol. The number of nitrogens with zero attached hydrogens (tertiary/aromatic N) is 2. The van der Waals surface area contributed by atoms with Gasteiger partial charge in [-0.25, -0.2) is 14.8 Å². The Hall–Kier alpha value is -3.01. The van der Waals surface area contributed by atoms with Crippen LogP contribution in [0.25, 0.3) is 11.4 Å². The Balaban J connectivity index is 1.46. The number of aromatic nitrogens is 2. The van der Waals surface area contributed by atoms with E-state index in [1.807, 2.05) is 48.8 Å². The van der Waals surface area contributed by atoms with Crippen molar-refractivity contribution in [2.24, 2.45) is 0 Å². The molecule has 0 radical (unpaired) electrons. The fraction of sp³-hybridized carbons (Fsp3) is 0.452. The zero-order valence-electron chi connectivity index (χ0n) is 21.5. The largest absolute Gasteiger partial charge is 0.423 e. The van der Waals surface area contributed by atoms with Crippen molar-refractivity contribution in [3.8, 4) is 17.1 Å². The van der Waals surface area contributed by atoms with E-state index in [1.165, 1.54) is 75.3 Å². The van der Waals surface area contributed by atoms with Crippen molar-refractivity contribution in [3.05, 3.63) is 77.6 Å². The molecule has 0 aliphatic carbocycles. The highest BCUT2D eigenvalue weighted by Gasteiger charge is 2.10. The van der Waals surface area contributed by atoms with Crippen molar-refractivity contribution in [2.75, 3.05) is 0 Å². The number of hydrogen-bond donors (Lipinski definition) is 0. The van der Waals surface area contributed by atoms with E-state index in [4.69, 9.17) is 4.74 Å². The molecule has 0 N–H and O–H groups in total. The van der Waals surface area contributed by atoms with Gasteiger partial charge < -0.3 is 4.74 Å². The van der Waals surface area contributed by atoms with Crippen molar-refractivity contribution < 1.29 is 9.53 Å². The number of hydrogen-bond acceptors (Lipinski definition) is 4. The number of rotatable bonds is 15. The van der Waals surface area contributed by atoms with Gasteiger partial charge in [-0.05, 0) is 73.2 Å². The van der Waals surface area contributed by atoms with Gasteiger partial charge in [-0.1, -0.05) is 77.3 Å². The van der Waals surface area contributed by atoms with E-state index in [0.717, 1.165) is 18.4 Å². The number of carbonyl (C=O) groups excluding carboxylic acids is 1. The third-order valence-electron chi connectivity index (χ3n) is 6.36. The lowest BCUT2D eigenvalue weighted by atomic mass is 10.0. The summed E-state index contributed by atoms with van der Waals surface area (Å²) in [5, 5.41) is 0. The average molecular weight is 473 g/mol. The summed E-state index contributed by atoms with van der Waals surface area (Å²) in [7, 11) is 0. The van der Waals surface area contributed by atoms with E-state index in [2.05, 4.69) is 23.8 Å². The summed E-state index contributed by atoms with van der Waals surface area (Å²) in [6, 6.07) is 15.1. The van der Waals surface area contributed by atoms with Crippen LogP contribution in [0.15, 0.2) is 60.9 Å². The van der Waals surface area contributed by atoms with Crippen molar-refractivity contribution >= 4 is 5.97 Å². The second-order valence-electron chi connectivity index (χ2n) is 9.35. The minimum Gasteiger partial charge on any atom is -0.423 e. The van der Waals surface area contributed by atoms with Gasteiger partial charge in [0.05, 0.1) is 5.56 Å². The Bertz CT molecular complexity index is 996. The fourth-order valence-electron chi connectivity index (χ4n) is 4.14. The second kappa shape index (κ2) is 15.1. The number of ether oxygens (including phenoxy) is 1. The normalized spacial score (nSPS) is 10.9. The summed E-state index contributed by atoms with van der Waals surface area (Å²) in [6.07, 6.45) is 18.6. The van der Waals surface area contributed by atoms with Crippen molar-refractivity contribution in [3.63, 3.8) is 0 Å². The molecule has 35 heavy (non-hydrogen) atoms. The van der Waals surface area contributed by atoms with Gasteiger partial charge in [0, 0.05) is 18.0 Å². The van der Waals surface area contributed by atoms with Crippen LogP contribution in [-0.4, -0.2) is 15.9 Å². The Morgan fingerprint density at radius 2 is 1.20 bits per heavy atom. The van der Waals surface area contributed by atoms with Crippen molar-refractivity contribution in [2.45, 2.75) is 90.9 Å². The average Bonchev–Trinajstić information content (AvgIpc) is 2.90. The van der Waals surface area contributed by atoms with Crippen molar-refractivity contribution in [1.29, 1.82) is 0 Å². The number of benzene rings is 2. The molecule has 3 aromatic rings. The minimum atomic E-state index is -0.342.